The van der Waals surface area contributed by atoms with Crippen LogP contribution in [0.25, 0.3) is 0 Å². The number of benzene rings is 1. The molecule has 31 heavy (non-hydrogen) atoms. The second-order valence-electron chi connectivity index (χ2n) is 8.45. The highest BCUT2D eigenvalue weighted by Gasteiger charge is 2.55. The summed E-state index contributed by atoms with van der Waals surface area (Å²) in [5.41, 5.74) is -1.35. The van der Waals surface area contributed by atoms with Crippen molar-refractivity contribution in [3.05, 3.63) is 35.1 Å². The van der Waals surface area contributed by atoms with Gasteiger partial charge in [-0.1, -0.05) is 6.07 Å². The van der Waals surface area contributed by atoms with Crippen LogP contribution >= 0.6 is 0 Å². The lowest BCUT2D eigenvalue weighted by Crippen LogP contribution is -2.53. The summed E-state index contributed by atoms with van der Waals surface area (Å²) in [6.07, 6.45) is -3.21. The fraction of sp³-hybridized carbons (Fsp3) is 0.571. The molecule has 3 rings (SSSR count). The van der Waals surface area contributed by atoms with Crippen molar-refractivity contribution in [3.63, 3.8) is 0 Å². The Balaban J connectivity index is 1.68. The second-order valence-corrected chi connectivity index (χ2v) is 8.45. The Bertz CT molecular complexity index is 888. The van der Waals surface area contributed by atoms with Crippen molar-refractivity contribution < 1.29 is 31.9 Å². The highest BCUT2D eigenvalue weighted by Crippen LogP contribution is 2.37. The molecule has 2 aliphatic rings. The first-order valence-corrected chi connectivity index (χ1v) is 10.2. The Morgan fingerprint density at radius 1 is 1.13 bits per heavy atom. The number of alkyl halides is 3. The van der Waals surface area contributed by atoms with E-state index in [0.717, 1.165) is 18.9 Å². The van der Waals surface area contributed by atoms with Gasteiger partial charge in [-0.2, -0.15) is 13.2 Å². The van der Waals surface area contributed by atoms with Crippen LogP contribution in [-0.2, 0) is 9.59 Å². The van der Waals surface area contributed by atoms with Gasteiger partial charge in [0, 0.05) is 23.2 Å². The van der Waals surface area contributed by atoms with Crippen molar-refractivity contribution in [2.24, 2.45) is 0 Å². The van der Waals surface area contributed by atoms with E-state index in [1.165, 1.54) is 19.1 Å². The molecule has 0 spiro atoms. The molecule has 3 amide bonds. The normalized spacial score (nSPS) is 23.3. The number of nitrogens with zero attached hydrogens (tertiary/aromatic N) is 1. The summed E-state index contributed by atoms with van der Waals surface area (Å²) in [4.78, 5) is 38.1. The van der Waals surface area contributed by atoms with Gasteiger partial charge in [0.05, 0.1) is 6.04 Å². The Kier molecular flexibility index (Phi) is 6.03. The molecule has 1 saturated heterocycles. The van der Waals surface area contributed by atoms with E-state index < -0.39 is 35.4 Å². The molecule has 1 aromatic rings. The summed E-state index contributed by atoms with van der Waals surface area (Å²) < 4.78 is 52.2. The summed E-state index contributed by atoms with van der Waals surface area (Å²) in [5.74, 6) is -3.97. The minimum absolute atomic E-state index is 0.0603. The van der Waals surface area contributed by atoms with Crippen molar-refractivity contribution in [3.8, 4) is 0 Å². The fourth-order valence-electron chi connectivity index (χ4n) is 3.99. The van der Waals surface area contributed by atoms with Gasteiger partial charge < -0.3 is 15.5 Å². The van der Waals surface area contributed by atoms with E-state index in [1.807, 2.05) is 13.8 Å². The Morgan fingerprint density at radius 3 is 2.19 bits per heavy atom. The monoisotopic (exact) mass is 443 g/mol. The van der Waals surface area contributed by atoms with Gasteiger partial charge >= 0.3 is 12.1 Å². The van der Waals surface area contributed by atoms with Gasteiger partial charge in [-0.25, -0.2) is 4.39 Å². The molecule has 10 heteroatoms. The first-order valence-electron chi connectivity index (χ1n) is 10.2. The lowest BCUT2D eigenvalue weighted by molar-refractivity contribution is -0.175. The highest BCUT2D eigenvalue weighted by molar-refractivity contribution is 5.96. The average Bonchev–Trinajstić information content (AvgIpc) is 3.38. The van der Waals surface area contributed by atoms with Crippen LogP contribution in [0, 0.1) is 5.82 Å². The molecule has 3 atom stereocenters. The number of carbonyl (C=O) groups excluding carboxylic acids is 3. The van der Waals surface area contributed by atoms with Crippen molar-refractivity contribution in [1.29, 1.82) is 0 Å². The molecule has 6 nitrogen and oxygen atoms in total. The van der Waals surface area contributed by atoms with Gasteiger partial charge in [-0.05, 0) is 58.6 Å². The molecule has 1 heterocycles. The standard InChI is InChI=1S/C21H25F4N3O3/c1-11-4-5-12(2)28(11)17(29)14-6-7-15(16(22)10-14)13(3)26-18(30)20(8-9-20)27-19(31)21(23,24)25/h6-7,10-13H,4-5,8-9H2,1-3H3,(H,26,30)(H,27,31)/t11?,12?,13-/m1/s1. The first kappa shape index (κ1) is 23.0. The molecule has 0 aromatic heterocycles. The molecule has 0 radical (unpaired) electrons. The Morgan fingerprint density at radius 2 is 1.71 bits per heavy atom. The summed E-state index contributed by atoms with van der Waals surface area (Å²) in [6.45, 7) is 5.36. The van der Waals surface area contributed by atoms with Crippen LogP contribution in [0.4, 0.5) is 17.6 Å². The van der Waals surface area contributed by atoms with Crippen LogP contribution in [0.1, 0.15) is 68.4 Å². The first-order chi connectivity index (χ1) is 14.4. The second kappa shape index (κ2) is 8.12. The number of hydrogen-bond donors (Lipinski definition) is 2. The fourth-order valence-corrected chi connectivity index (χ4v) is 3.99. The summed E-state index contributed by atoms with van der Waals surface area (Å²) >= 11 is 0. The van der Waals surface area contributed by atoms with E-state index in [9.17, 15) is 31.9 Å². The van der Waals surface area contributed by atoms with E-state index in [1.54, 1.807) is 10.2 Å². The van der Waals surface area contributed by atoms with E-state index in [2.05, 4.69) is 5.32 Å². The summed E-state index contributed by atoms with van der Waals surface area (Å²) in [6, 6.07) is 3.21. The van der Waals surface area contributed by atoms with Crippen molar-refractivity contribution in [1.82, 2.24) is 15.5 Å². The number of carbonyl (C=O) groups is 3. The van der Waals surface area contributed by atoms with Gasteiger partial charge in [-0.3, -0.25) is 14.4 Å². The Hall–Kier alpha value is -2.65. The van der Waals surface area contributed by atoms with Crippen molar-refractivity contribution in [2.45, 2.75) is 76.3 Å². The van der Waals surface area contributed by atoms with Gasteiger partial charge in [0.15, 0.2) is 0 Å². The molecule has 0 bridgehead atoms. The van der Waals surface area contributed by atoms with E-state index >= 15 is 0 Å². The third kappa shape index (κ3) is 4.67. The molecule has 1 aliphatic heterocycles. The topological polar surface area (TPSA) is 78.5 Å². The zero-order valence-electron chi connectivity index (χ0n) is 17.5. The molecule has 1 aliphatic carbocycles. The molecule has 2 unspecified atom stereocenters. The maximum absolute atomic E-state index is 14.7. The number of rotatable bonds is 5. The largest absolute Gasteiger partial charge is 0.471 e. The predicted octanol–water partition coefficient (Wildman–Crippen LogP) is 3.23. The molecule has 2 N–H and O–H groups in total. The van der Waals surface area contributed by atoms with Crippen molar-refractivity contribution >= 4 is 17.7 Å². The third-order valence-corrected chi connectivity index (χ3v) is 6.04. The summed E-state index contributed by atoms with van der Waals surface area (Å²) in [7, 11) is 0. The van der Waals surface area contributed by atoms with Crippen LogP contribution in [0.15, 0.2) is 18.2 Å². The lowest BCUT2D eigenvalue weighted by atomic mass is 10.0. The van der Waals surface area contributed by atoms with Gasteiger partial charge in [0.25, 0.3) is 5.91 Å². The lowest BCUT2D eigenvalue weighted by Gasteiger charge is -2.27. The smallest absolute Gasteiger partial charge is 0.347 e. The van der Waals surface area contributed by atoms with Crippen LogP contribution in [-0.4, -0.2) is 46.4 Å². The van der Waals surface area contributed by atoms with Gasteiger partial charge in [0.2, 0.25) is 5.91 Å². The number of hydrogen-bond acceptors (Lipinski definition) is 3. The number of amides is 3. The van der Waals surface area contributed by atoms with Crippen LogP contribution < -0.4 is 10.6 Å². The van der Waals surface area contributed by atoms with Gasteiger partial charge in [0.1, 0.15) is 11.4 Å². The maximum atomic E-state index is 14.7. The molecule has 2 fully saturated rings. The third-order valence-electron chi connectivity index (χ3n) is 6.04. The van der Waals surface area contributed by atoms with E-state index in [0.29, 0.717) is 0 Å². The Labute approximate surface area is 177 Å². The van der Waals surface area contributed by atoms with Crippen LogP contribution in [0.3, 0.4) is 0 Å². The molecular formula is C21H25F4N3O3. The quantitative estimate of drug-likeness (QED) is 0.686. The molecule has 1 aromatic carbocycles. The predicted molar refractivity (Wildman–Crippen MR) is 103 cm³/mol. The number of likely N-dealkylation sites (tertiary alicyclic amines) is 1. The van der Waals surface area contributed by atoms with Crippen LogP contribution in [0.5, 0.6) is 0 Å². The minimum atomic E-state index is -5.10. The molecule has 170 valence electrons. The highest BCUT2D eigenvalue weighted by atomic mass is 19.4. The average molecular weight is 443 g/mol. The summed E-state index contributed by atoms with van der Waals surface area (Å²) in [5, 5.41) is 4.18. The van der Waals surface area contributed by atoms with E-state index in [-0.39, 0.29) is 42.0 Å². The maximum Gasteiger partial charge on any atom is 0.471 e. The number of nitrogens with one attached hydrogen (secondary N) is 2. The molecule has 1 saturated carbocycles. The van der Waals surface area contributed by atoms with Crippen LogP contribution in [0.2, 0.25) is 0 Å². The van der Waals surface area contributed by atoms with E-state index in [4.69, 9.17) is 0 Å². The minimum Gasteiger partial charge on any atom is -0.347 e. The van der Waals surface area contributed by atoms with Crippen molar-refractivity contribution in [2.75, 3.05) is 0 Å². The van der Waals surface area contributed by atoms with Gasteiger partial charge in [-0.15, -0.1) is 0 Å². The number of halogens is 4. The SMILES string of the molecule is CC1CCC(C)N1C(=O)c1ccc([C@@H](C)NC(=O)C2(NC(=O)C(F)(F)F)CC2)c(F)c1. The zero-order chi connectivity index (χ0) is 23.1. The zero-order valence-corrected chi connectivity index (χ0v) is 17.5. The molecular weight excluding hydrogens is 418 g/mol.